The number of hydrogen-bond acceptors (Lipinski definition) is 6. The molecule has 0 bridgehead atoms. The first-order chi connectivity index (χ1) is 27.7. The number of piperazine rings is 2. The Labute approximate surface area is 331 Å². The monoisotopic (exact) mass is 745 g/mol. The van der Waals surface area contributed by atoms with Crippen molar-refractivity contribution >= 4 is 34.1 Å². The van der Waals surface area contributed by atoms with Crippen LogP contribution in [0.1, 0.15) is 45.5 Å². The second-order valence-electron chi connectivity index (χ2n) is 16.5. The number of amides is 1. The summed E-state index contributed by atoms with van der Waals surface area (Å²) in [6, 6.07) is 21.9. The molecule has 1 N–H and O–H groups in total. The lowest BCUT2D eigenvalue weighted by molar-refractivity contribution is 0.0965. The van der Waals surface area contributed by atoms with Crippen LogP contribution in [0.25, 0.3) is 22.6 Å². The lowest BCUT2D eigenvalue weighted by Gasteiger charge is -2.35. The Kier molecular flexibility index (Phi) is 9.98. The van der Waals surface area contributed by atoms with E-state index in [1.807, 2.05) is 0 Å². The van der Waals surface area contributed by atoms with Gasteiger partial charge in [0.25, 0.3) is 5.91 Å². The zero-order chi connectivity index (χ0) is 37.4. The standard InChI is InChI=1S/C48H55N7O/c56-48-45-40(33-49-48)43-38-17-7-9-19-41(38)54(23-11-21-50-25-29-52(30-26-50)34-36-13-3-1-4-14-36)46(43)47-44(45)39-18-8-10-20-42(39)55(47)24-12-22-51-27-31-53(32-28-51)35-37-15-5-2-6-16-37/h1-10,13-16,18-20,42H,11-12,17,21-35H2,(H,49,56). The van der Waals surface area contributed by atoms with Crippen molar-refractivity contribution in [1.82, 2.24) is 29.5 Å². The van der Waals surface area contributed by atoms with Crippen LogP contribution < -0.4 is 20.8 Å². The molecule has 1 atom stereocenters. The fourth-order valence-corrected chi connectivity index (χ4v) is 10.4. The van der Waals surface area contributed by atoms with E-state index in [-0.39, 0.29) is 11.9 Å². The first-order valence-corrected chi connectivity index (χ1v) is 21.2. The van der Waals surface area contributed by atoms with Crippen molar-refractivity contribution in [2.24, 2.45) is 0 Å². The van der Waals surface area contributed by atoms with Crippen molar-refractivity contribution < 1.29 is 4.79 Å². The fourth-order valence-electron chi connectivity index (χ4n) is 10.4. The minimum absolute atomic E-state index is 0.0887. The van der Waals surface area contributed by atoms with Crippen molar-refractivity contribution in [3.05, 3.63) is 136 Å². The maximum absolute atomic E-state index is 13.8. The van der Waals surface area contributed by atoms with Crippen molar-refractivity contribution in [2.75, 3.05) is 76.9 Å². The van der Waals surface area contributed by atoms with E-state index in [2.05, 4.69) is 138 Å². The summed E-state index contributed by atoms with van der Waals surface area (Å²) in [4.78, 5) is 27.0. The largest absolute Gasteiger partial charge is 0.359 e. The quantitative estimate of drug-likeness (QED) is 0.228. The van der Waals surface area contributed by atoms with E-state index >= 15 is 0 Å². The number of carbonyl (C=O) groups is 1. The highest BCUT2D eigenvalue weighted by molar-refractivity contribution is 6.12. The lowest BCUT2D eigenvalue weighted by Crippen LogP contribution is -2.46. The van der Waals surface area contributed by atoms with Gasteiger partial charge in [-0.15, -0.1) is 0 Å². The summed E-state index contributed by atoms with van der Waals surface area (Å²) < 4.78 is 2.66. The van der Waals surface area contributed by atoms with Gasteiger partial charge in [-0.05, 0) is 66.3 Å². The maximum atomic E-state index is 13.8. The molecule has 0 radical (unpaired) electrons. The van der Waals surface area contributed by atoms with Gasteiger partial charge in [-0.2, -0.15) is 0 Å². The summed E-state index contributed by atoms with van der Waals surface area (Å²) in [5.41, 5.74) is 10.3. The third kappa shape index (κ3) is 6.76. The second-order valence-corrected chi connectivity index (χ2v) is 16.5. The minimum atomic E-state index is 0.0887. The van der Waals surface area contributed by atoms with Gasteiger partial charge in [-0.25, -0.2) is 0 Å². The fraction of sp³-hybridized carbons (Fsp3) is 0.396. The molecule has 2 saturated heterocycles. The summed E-state index contributed by atoms with van der Waals surface area (Å²) in [5.74, 6) is 0.0887. The topological polar surface area (TPSA) is 50.2 Å². The molecule has 8 nitrogen and oxygen atoms in total. The number of allylic oxidation sites excluding steroid dienone is 4. The smallest absolute Gasteiger partial charge is 0.252 e. The van der Waals surface area contributed by atoms with E-state index in [1.165, 1.54) is 55.0 Å². The molecule has 10 rings (SSSR count). The number of rotatable bonds is 12. The van der Waals surface area contributed by atoms with Gasteiger partial charge in [-0.1, -0.05) is 97.1 Å². The molecule has 3 aromatic carbocycles. The van der Waals surface area contributed by atoms with Gasteiger partial charge >= 0.3 is 0 Å². The molecule has 8 heteroatoms. The lowest BCUT2D eigenvalue weighted by atomic mass is 9.94. The van der Waals surface area contributed by atoms with Gasteiger partial charge in [0, 0.05) is 101 Å². The number of anilines is 1. The molecule has 1 aromatic heterocycles. The van der Waals surface area contributed by atoms with Crippen molar-refractivity contribution in [2.45, 2.75) is 51.5 Å². The second kappa shape index (κ2) is 15.7. The molecule has 4 aromatic rings. The van der Waals surface area contributed by atoms with Gasteiger partial charge in [0.05, 0.1) is 22.8 Å². The Morgan fingerprint density at radius 2 is 1.29 bits per heavy atom. The number of aromatic nitrogens is 1. The van der Waals surface area contributed by atoms with E-state index in [9.17, 15) is 4.79 Å². The highest BCUT2D eigenvalue weighted by Gasteiger charge is 2.39. The Balaban J connectivity index is 0.907. The predicted octanol–water partition coefficient (Wildman–Crippen LogP) is 4.66. The molecule has 5 heterocycles. The van der Waals surface area contributed by atoms with E-state index in [4.69, 9.17) is 0 Å². The van der Waals surface area contributed by atoms with Crippen LogP contribution in [-0.2, 0) is 32.6 Å². The first kappa shape index (κ1) is 35.7. The molecule has 4 aliphatic heterocycles. The molecule has 2 fully saturated rings. The van der Waals surface area contributed by atoms with E-state index in [1.54, 1.807) is 0 Å². The molecule has 1 amide bonds. The zero-order valence-corrected chi connectivity index (χ0v) is 32.7. The van der Waals surface area contributed by atoms with Crippen LogP contribution in [-0.4, -0.2) is 108 Å². The minimum Gasteiger partial charge on any atom is -0.359 e. The van der Waals surface area contributed by atoms with Crippen LogP contribution >= 0.6 is 0 Å². The van der Waals surface area contributed by atoms with Crippen LogP contribution in [0.2, 0.25) is 0 Å². The number of carbonyl (C=O) groups excluding carboxylic acids is 1. The van der Waals surface area contributed by atoms with Crippen LogP contribution in [0, 0.1) is 0 Å². The van der Waals surface area contributed by atoms with Crippen molar-refractivity contribution in [3.8, 4) is 0 Å². The Bertz CT molecular complexity index is 2310. The maximum Gasteiger partial charge on any atom is 0.252 e. The van der Waals surface area contributed by atoms with E-state index < -0.39 is 0 Å². The van der Waals surface area contributed by atoms with Crippen molar-refractivity contribution in [3.63, 3.8) is 0 Å². The SMILES string of the molecule is O=C1NCc2c1c1c(c3c2c2c(n3CCCN3CCN(Cc4ccccc4)CC3)=CC=CC2)N(CCCN2CCN(Cc3ccccc3)CC2)C2C=CC=CC=12. The van der Waals surface area contributed by atoms with Crippen LogP contribution in [0.5, 0.6) is 0 Å². The van der Waals surface area contributed by atoms with Crippen LogP contribution in [0.15, 0.2) is 97.1 Å². The molecular formula is C48H55N7O. The molecule has 288 valence electrons. The summed E-state index contributed by atoms with van der Waals surface area (Å²) in [5, 5.41) is 7.12. The number of fused-ring (bicyclic) bond motifs is 9. The zero-order valence-electron chi connectivity index (χ0n) is 32.7. The van der Waals surface area contributed by atoms with Crippen LogP contribution in [0.3, 0.4) is 0 Å². The number of aryl methyl sites for hydroxylation is 1. The van der Waals surface area contributed by atoms with Gasteiger partial charge in [0.1, 0.15) is 0 Å². The molecule has 56 heavy (non-hydrogen) atoms. The first-order valence-electron chi connectivity index (χ1n) is 21.2. The summed E-state index contributed by atoms with van der Waals surface area (Å²) in [7, 11) is 0. The van der Waals surface area contributed by atoms with Gasteiger partial charge in [0.2, 0.25) is 0 Å². The van der Waals surface area contributed by atoms with Crippen molar-refractivity contribution in [1.29, 1.82) is 0 Å². The number of nitrogens with zero attached hydrogens (tertiary/aromatic N) is 6. The third-order valence-electron chi connectivity index (χ3n) is 13.2. The number of benzene rings is 3. The van der Waals surface area contributed by atoms with Crippen LogP contribution in [0.4, 0.5) is 5.69 Å². The average molecular weight is 746 g/mol. The summed E-state index contributed by atoms with van der Waals surface area (Å²) in [6.45, 7) is 15.8. The predicted molar refractivity (Wildman–Crippen MR) is 228 cm³/mol. The van der Waals surface area contributed by atoms with E-state index in [0.717, 1.165) is 116 Å². The highest BCUT2D eigenvalue weighted by atomic mass is 16.1. The number of hydrogen-bond donors (Lipinski definition) is 1. The Morgan fingerprint density at radius 3 is 1.95 bits per heavy atom. The highest BCUT2D eigenvalue weighted by Crippen LogP contribution is 2.40. The molecule has 0 spiro atoms. The molecule has 0 saturated carbocycles. The Morgan fingerprint density at radius 1 is 0.661 bits per heavy atom. The molecular weight excluding hydrogens is 691 g/mol. The third-order valence-corrected chi connectivity index (χ3v) is 13.2. The average Bonchev–Trinajstić information content (AvgIpc) is 3.89. The normalized spacial score (nSPS) is 21.0. The molecule has 2 aliphatic carbocycles. The Hall–Kier alpha value is -4.73. The van der Waals surface area contributed by atoms with Gasteiger partial charge < -0.3 is 24.6 Å². The molecule has 6 aliphatic rings. The van der Waals surface area contributed by atoms with Gasteiger partial charge in [-0.3, -0.25) is 14.6 Å². The van der Waals surface area contributed by atoms with Gasteiger partial charge in [0.15, 0.2) is 0 Å². The summed E-state index contributed by atoms with van der Waals surface area (Å²) in [6.07, 6.45) is 19.0. The van der Waals surface area contributed by atoms with E-state index in [0.29, 0.717) is 6.54 Å². The molecule has 1 unspecified atom stereocenters. The summed E-state index contributed by atoms with van der Waals surface area (Å²) >= 11 is 0. The number of nitrogens with one attached hydrogen (secondary N) is 1.